The summed E-state index contributed by atoms with van der Waals surface area (Å²) in [7, 11) is 1.55. The molecule has 0 fully saturated rings. The molecule has 0 aliphatic carbocycles. The number of aryl methyl sites for hydroxylation is 1. The third kappa shape index (κ3) is 2.85. The van der Waals surface area contributed by atoms with E-state index in [2.05, 4.69) is 35.4 Å². The van der Waals surface area contributed by atoms with Gasteiger partial charge in [-0.05, 0) is 11.3 Å². The first-order valence-corrected chi connectivity index (χ1v) is 7.45. The van der Waals surface area contributed by atoms with E-state index in [1.807, 2.05) is 0 Å². The van der Waals surface area contributed by atoms with Gasteiger partial charge in [-0.1, -0.05) is 17.3 Å². The normalized spacial score (nSPS) is 15.8. The van der Waals surface area contributed by atoms with Crippen molar-refractivity contribution in [1.82, 2.24) is 35.7 Å². The van der Waals surface area contributed by atoms with E-state index in [-0.39, 0.29) is 18.3 Å². The SMILES string of the molecule is Cn1nnc(C(=O)NC2COc3cc(-c4noc(C(F)F)n4)ccc32)n1. The Hall–Kier alpha value is -3.44. The van der Waals surface area contributed by atoms with Crippen molar-refractivity contribution in [1.29, 1.82) is 0 Å². The second-order valence-corrected chi connectivity index (χ2v) is 5.45. The molecule has 4 rings (SSSR count). The van der Waals surface area contributed by atoms with Gasteiger partial charge in [-0.15, -0.1) is 10.2 Å². The van der Waals surface area contributed by atoms with Crippen LogP contribution in [-0.2, 0) is 7.05 Å². The number of carbonyl (C=O) groups excluding carboxylic acids is 1. The Morgan fingerprint density at radius 2 is 2.27 bits per heavy atom. The average Bonchev–Trinajstić information content (AvgIpc) is 3.34. The molecule has 134 valence electrons. The molecule has 1 aliphatic heterocycles. The molecule has 1 amide bonds. The summed E-state index contributed by atoms with van der Waals surface area (Å²) in [6.07, 6.45) is -2.84. The quantitative estimate of drug-likeness (QED) is 0.730. The van der Waals surface area contributed by atoms with E-state index < -0.39 is 24.3 Å². The molecule has 10 nitrogen and oxygen atoms in total. The molecule has 1 unspecified atom stereocenters. The van der Waals surface area contributed by atoms with Gasteiger partial charge in [0.15, 0.2) is 0 Å². The van der Waals surface area contributed by atoms with Gasteiger partial charge in [0.05, 0.1) is 13.1 Å². The zero-order chi connectivity index (χ0) is 18.3. The number of amides is 1. The van der Waals surface area contributed by atoms with Crippen LogP contribution in [0.2, 0.25) is 0 Å². The Morgan fingerprint density at radius 3 is 2.96 bits per heavy atom. The minimum atomic E-state index is -2.84. The Kier molecular flexibility index (Phi) is 3.78. The second kappa shape index (κ2) is 6.13. The molecule has 1 aliphatic rings. The number of halogens is 2. The molecule has 0 radical (unpaired) electrons. The molecule has 0 saturated heterocycles. The number of carbonyl (C=O) groups is 1. The highest BCUT2D eigenvalue weighted by atomic mass is 19.3. The fraction of sp³-hybridized carbons (Fsp3) is 0.286. The molecule has 3 aromatic rings. The van der Waals surface area contributed by atoms with Crippen molar-refractivity contribution in [2.24, 2.45) is 7.05 Å². The van der Waals surface area contributed by atoms with E-state index in [0.29, 0.717) is 11.3 Å². The topological polar surface area (TPSA) is 121 Å². The number of tetrazole rings is 1. The number of hydrogen-bond acceptors (Lipinski definition) is 8. The van der Waals surface area contributed by atoms with Crippen molar-refractivity contribution < 1.29 is 22.8 Å². The van der Waals surface area contributed by atoms with E-state index in [9.17, 15) is 13.6 Å². The maximum Gasteiger partial charge on any atom is 0.315 e. The third-order valence-electron chi connectivity index (χ3n) is 3.70. The Morgan fingerprint density at radius 1 is 1.42 bits per heavy atom. The fourth-order valence-corrected chi connectivity index (χ4v) is 2.51. The summed E-state index contributed by atoms with van der Waals surface area (Å²) in [6, 6.07) is 4.53. The van der Waals surface area contributed by atoms with Crippen LogP contribution in [0.5, 0.6) is 5.75 Å². The maximum atomic E-state index is 12.6. The highest BCUT2D eigenvalue weighted by molar-refractivity contribution is 5.90. The molecule has 2 aromatic heterocycles. The number of hydrogen-bond donors (Lipinski definition) is 1. The average molecular weight is 363 g/mol. The maximum absolute atomic E-state index is 12.6. The van der Waals surface area contributed by atoms with E-state index >= 15 is 0 Å². The molecule has 0 bridgehead atoms. The molecule has 26 heavy (non-hydrogen) atoms. The van der Waals surface area contributed by atoms with Crippen LogP contribution >= 0.6 is 0 Å². The lowest BCUT2D eigenvalue weighted by atomic mass is 10.1. The van der Waals surface area contributed by atoms with Gasteiger partial charge in [-0.3, -0.25) is 4.79 Å². The molecule has 0 spiro atoms. The van der Waals surface area contributed by atoms with Gasteiger partial charge < -0.3 is 14.6 Å². The number of ether oxygens (including phenoxy) is 1. The zero-order valence-electron chi connectivity index (χ0n) is 13.3. The third-order valence-corrected chi connectivity index (χ3v) is 3.70. The number of nitrogens with zero attached hydrogens (tertiary/aromatic N) is 6. The lowest BCUT2D eigenvalue weighted by Crippen LogP contribution is -2.30. The highest BCUT2D eigenvalue weighted by Crippen LogP contribution is 2.35. The lowest BCUT2D eigenvalue weighted by molar-refractivity contribution is 0.0919. The van der Waals surface area contributed by atoms with Crippen molar-refractivity contribution >= 4 is 5.91 Å². The summed E-state index contributed by atoms with van der Waals surface area (Å²) in [5.74, 6) is -0.762. The van der Waals surface area contributed by atoms with Crippen LogP contribution in [0.4, 0.5) is 8.78 Å². The smallest absolute Gasteiger partial charge is 0.315 e. The van der Waals surface area contributed by atoms with Gasteiger partial charge in [-0.25, -0.2) is 0 Å². The predicted octanol–water partition coefficient (Wildman–Crippen LogP) is 1.06. The van der Waals surface area contributed by atoms with E-state index in [1.54, 1.807) is 25.2 Å². The van der Waals surface area contributed by atoms with Crippen LogP contribution in [0.3, 0.4) is 0 Å². The van der Waals surface area contributed by atoms with Crippen LogP contribution in [0, 0.1) is 0 Å². The highest BCUT2D eigenvalue weighted by Gasteiger charge is 2.28. The van der Waals surface area contributed by atoms with E-state index in [0.717, 1.165) is 5.56 Å². The van der Waals surface area contributed by atoms with E-state index in [4.69, 9.17) is 4.74 Å². The second-order valence-electron chi connectivity index (χ2n) is 5.45. The number of fused-ring (bicyclic) bond motifs is 1. The molecule has 1 atom stereocenters. The molecule has 1 N–H and O–H groups in total. The van der Waals surface area contributed by atoms with Crippen molar-refractivity contribution in [3.63, 3.8) is 0 Å². The van der Waals surface area contributed by atoms with E-state index in [1.165, 1.54) is 4.80 Å². The minimum Gasteiger partial charge on any atom is -0.491 e. The fourth-order valence-electron chi connectivity index (χ4n) is 2.51. The van der Waals surface area contributed by atoms with Crippen molar-refractivity contribution in [2.75, 3.05) is 6.61 Å². The molecular formula is C14H11F2N7O3. The Bertz CT molecular complexity index is 971. The number of rotatable bonds is 4. The first-order valence-electron chi connectivity index (χ1n) is 7.45. The zero-order valence-corrected chi connectivity index (χ0v) is 13.3. The van der Waals surface area contributed by atoms with Gasteiger partial charge >= 0.3 is 6.43 Å². The predicted molar refractivity (Wildman–Crippen MR) is 79.2 cm³/mol. The van der Waals surface area contributed by atoms with Crippen LogP contribution < -0.4 is 10.1 Å². The van der Waals surface area contributed by atoms with Gasteiger partial charge in [-0.2, -0.15) is 18.6 Å². The monoisotopic (exact) mass is 363 g/mol. The van der Waals surface area contributed by atoms with Crippen LogP contribution in [0.1, 0.15) is 34.5 Å². The molecular weight excluding hydrogens is 352 g/mol. The number of nitrogens with one attached hydrogen (secondary N) is 1. The van der Waals surface area contributed by atoms with Crippen molar-refractivity contribution in [3.05, 3.63) is 35.5 Å². The first-order chi connectivity index (χ1) is 12.5. The number of alkyl halides is 2. The van der Waals surface area contributed by atoms with Crippen LogP contribution in [-0.4, -0.2) is 42.9 Å². The van der Waals surface area contributed by atoms with Gasteiger partial charge in [0.25, 0.3) is 17.6 Å². The van der Waals surface area contributed by atoms with Crippen LogP contribution in [0.15, 0.2) is 22.7 Å². The minimum absolute atomic E-state index is 0.0305. The summed E-state index contributed by atoms with van der Waals surface area (Å²) >= 11 is 0. The Labute approximate surface area is 144 Å². The molecule has 0 saturated carbocycles. The first kappa shape index (κ1) is 16.1. The summed E-state index contributed by atoms with van der Waals surface area (Å²) in [6.45, 7) is 0.208. The molecule has 3 heterocycles. The summed E-state index contributed by atoms with van der Waals surface area (Å²) in [5, 5.41) is 17.4. The summed E-state index contributed by atoms with van der Waals surface area (Å²) in [5.41, 5.74) is 1.19. The van der Waals surface area contributed by atoms with Crippen molar-refractivity contribution in [3.8, 4) is 17.1 Å². The van der Waals surface area contributed by atoms with Gasteiger partial charge in [0.1, 0.15) is 12.4 Å². The number of aromatic nitrogens is 6. The molecule has 12 heteroatoms. The largest absolute Gasteiger partial charge is 0.491 e. The lowest BCUT2D eigenvalue weighted by Gasteiger charge is -2.09. The number of benzene rings is 1. The summed E-state index contributed by atoms with van der Waals surface area (Å²) in [4.78, 5) is 16.9. The standard InChI is InChI=1S/C14H11F2N7O3/c1-23-20-12(19-22-23)13(24)17-8-5-25-9-4-6(2-3-7(8)9)11-18-14(10(15)16)26-21-11/h2-4,8,10H,5H2,1H3,(H,17,24). The van der Waals surface area contributed by atoms with Gasteiger partial charge in [0.2, 0.25) is 5.82 Å². The Balaban J connectivity index is 1.53. The van der Waals surface area contributed by atoms with Crippen LogP contribution in [0.25, 0.3) is 11.4 Å². The van der Waals surface area contributed by atoms with Crippen molar-refractivity contribution in [2.45, 2.75) is 12.5 Å². The summed E-state index contributed by atoms with van der Waals surface area (Å²) < 4.78 is 35.2. The van der Waals surface area contributed by atoms with Gasteiger partial charge in [0, 0.05) is 11.1 Å². The molecule has 1 aromatic carbocycles.